The molecule has 6 nitrogen and oxygen atoms in total. The van der Waals surface area contributed by atoms with E-state index in [0.717, 1.165) is 9.87 Å². The third kappa shape index (κ3) is 3.52. The Morgan fingerprint density at radius 1 is 1.37 bits per heavy atom. The van der Waals surface area contributed by atoms with Gasteiger partial charge in [0.2, 0.25) is 10.0 Å². The lowest BCUT2D eigenvalue weighted by Crippen LogP contribution is -2.40. The van der Waals surface area contributed by atoms with Gasteiger partial charge in [-0.2, -0.15) is 4.31 Å². The fourth-order valence-corrected chi connectivity index (χ4v) is 2.77. The molecule has 1 N–H and O–H groups in total. The van der Waals surface area contributed by atoms with E-state index in [2.05, 4.69) is 0 Å². The van der Waals surface area contributed by atoms with Crippen LogP contribution >= 0.6 is 0 Å². The Labute approximate surface area is 112 Å². The van der Waals surface area contributed by atoms with Gasteiger partial charge in [-0.1, -0.05) is 12.1 Å². The summed E-state index contributed by atoms with van der Waals surface area (Å²) in [4.78, 5) is 10.9. The molecule has 0 saturated carbocycles. The van der Waals surface area contributed by atoms with E-state index in [4.69, 9.17) is 9.84 Å². The highest BCUT2D eigenvalue weighted by atomic mass is 32.2. The smallest absolute Gasteiger partial charge is 0.321 e. The molecule has 0 aliphatic rings. The van der Waals surface area contributed by atoms with Gasteiger partial charge < -0.3 is 9.84 Å². The van der Waals surface area contributed by atoms with Gasteiger partial charge in [0.1, 0.15) is 6.04 Å². The lowest BCUT2D eigenvalue weighted by Gasteiger charge is -2.21. The molecule has 0 amide bonds. The molecule has 0 radical (unpaired) electrons. The predicted molar refractivity (Wildman–Crippen MR) is 69.2 cm³/mol. The van der Waals surface area contributed by atoms with Crippen LogP contribution in [0.2, 0.25) is 0 Å². The fourth-order valence-electron chi connectivity index (χ4n) is 1.45. The van der Waals surface area contributed by atoms with Gasteiger partial charge in [-0.15, -0.1) is 0 Å². The van der Waals surface area contributed by atoms with Crippen molar-refractivity contribution in [3.05, 3.63) is 29.8 Å². The van der Waals surface area contributed by atoms with Crippen LogP contribution in [0.1, 0.15) is 12.5 Å². The molecule has 1 unspecified atom stereocenters. The third-order valence-corrected chi connectivity index (χ3v) is 4.76. The maximum atomic E-state index is 12.2. The van der Waals surface area contributed by atoms with Crippen molar-refractivity contribution in [3.63, 3.8) is 0 Å². The van der Waals surface area contributed by atoms with Gasteiger partial charge in [0.05, 0.1) is 11.5 Å². The topological polar surface area (TPSA) is 83.9 Å². The van der Waals surface area contributed by atoms with Crippen LogP contribution in [0.25, 0.3) is 0 Å². The minimum Gasteiger partial charge on any atom is -0.480 e. The normalized spacial score (nSPS) is 13.5. The standard InChI is InChI=1S/C12H17NO5S/c1-9(12(14)15)13(2)19(16,17)11-6-4-10(5-7-11)8-18-3/h4-7,9H,8H2,1-3H3,(H,14,15). The monoisotopic (exact) mass is 287 g/mol. The Hall–Kier alpha value is -1.44. The van der Waals surface area contributed by atoms with Crippen molar-refractivity contribution < 1.29 is 23.1 Å². The van der Waals surface area contributed by atoms with E-state index in [1.807, 2.05) is 0 Å². The molecule has 7 heteroatoms. The van der Waals surface area contributed by atoms with Crippen molar-refractivity contribution >= 4 is 16.0 Å². The van der Waals surface area contributed by atoms with Crippen LogP contribution in [0.4, 0.5) is 0 Å². The van der Waals surface area contributed by atoms with Gasteiger partial charge in [0, 0.05) is 14.2 Å². The SMILES string of the molecule is COCc1ccc(S(=O)(=O)N(C)C(C)C(=O)O)cc1. The number of carbonyl (C=O) groups is 1. The molecule has 0 aliphatic carbocycles. The molecule has 19 heavy (non-hydrogen) atoms. The summed E-state index contributed by atoms with van der Waals surface area (Å²) in [5, 5.41) is 8.85. The van der Waals surface area contributed by atoms with Gasteiger partial charge in [0.25, 0.3) is 0 Å². The lowest BCUT2D eigenvalue weighted by atomic mass is 10.2. The van der Waals surface area contributed by atoms with Crippen molar-refractivity contribution in [1.82, 2.24) is 4.31 Å². The van der Waals surface area contributed by atoms with E-state index in [1.54, 1.807) is 19.2 Å². The van der Waals surface area contributed by atoms with Gasteiger partial charge >= 0.3 is 5.97 Å². The first kappa shape index (κ1) is 15.6. The zero-order valence-corrected chi connectivity index (χ0v) is 11.8. The second-order valence-electron chi connectivity index (χ2n) is 4.11. The van der Waals surface area contributed by atoms with E-state index in [0.29, 0.717) is 6.61 Å². The molecule has 0 bridgehead atoms. The number of aliphatic carboxylic acids is 1. The molecule has 1 aromatic rings. The zero-order valence-electron chi connectivity index (χ0n) is 11.0. The van der Waals surface area contributed by atoms with Crippen LogP contribution in [0.3, 0.4) is 0 Å². The number of nitrogens with zero attached hydrogens (tertiary/aromatic N) is 1. The van der Waals surface area contributed by atoms with Crippen molar-refractivity contribution in [3.8, 4) is 0 Å². The Bertz CT molecular complexity index is 538. The van der Waals surface area contributed by atoms with Crippen molar-refractivity contribution in [2.24, 2.45) is 0 Å². The number of rotatable bonds is 6. The van der Waals surface area contributed by atoms with Gasteiger partial charge in [-0.05, 0) is 24.6 Å². The first-order chi connectivity index (χ1) is 8.80. The molecular weight excluding hydrogens is 270 g/mol. The first-order valence-electron chi connectivity index (χ1n) is 5.59. The largest absolute Gasteiger partial charge is 0.480 e. The molecule has 0 fully saturated rings. The zero-order chi connectivity index (χ0) is 14.6. The number of hydrogen-bond acceptors (Lipinski definition) is 4. The molecule has 1 atom stereocenters. The van der Waals surface area contributed by atoms with Gasteiger partial charge in [-0.25, -0.2) is 8.42 Å². The minimum atomic E-state index is -3.80. The van der Waals surface area contributed by atoms with Crippen LogP contribution in [0.15, 0.2) is 29.2 Å². The van der Waals surface area contributed by atoms with E-state index < -0.39 is 22.0 Å². The Kier molecular flexibility index (Phi) is 5.04. The van der Waals surface area contributed by atoms with Crippen molar-refractivity contribution in [2.75, 3.05) is 14.2 Å². The van der Waals surface area contributed by atoms with Crippen LogP contribution in [0.5, 0.6) is 0 Å². The third-order valence-electron chi connectivity index (χ3n) is 2.81. The molecule has 1 aromatic carbocycles. The summed E-state index contributed by atoms with van der Waals surface area (Å²) in [5.41, 5.74) is 0.843. The van der Waals surface area contributed by atoms with Gasteiger partial charge in [0.15, 0.2) is 0 Å². The number of methoxy groups -OCH3 is 1. The molecule has 0 heterocycles. The Balaban J connectivity index is 3.03. The summed E-state index contributed by atoms with van der Waals surface area (Å²) in [6.07, 6.45) is 0. The number of hydrogen-bond donors (Lipinski definition) is 1. The molecule has 1 rings (SSSR count). The quantitative estimate of drug-likeness (QED) is 0.841. The number of likely N-dealkylation sites (N-methyl/N-ethyl adjacent to an activating group) is 1. The number of carboxylic acids is 1. The second-order valence-corrected chi connectivity index (χ2v) is 6.11. The summed E-state index contributed by atoms with van der Waals surface area (Å²) in [6.45, 7) is 1.71. The van der Waals surface area contributed by atoms with E-state index in [9.17, 15) is 13.2 Å². The number of carboxylic acid groups (broad SMARTS) is 1. The number of ether oxygens (including phenoxy) is 1. The predicted octanol–water partition coefficient (Wildman–Crippen LogP) is 0.927. The molecule has 0 aromatic heterocycles. The summed E-state index contributed by atoms with van der Waals surface area (Å²) in [7, 11) is -1.01. The van der Waals surface area contributed by atoms with Crippen LogP contribution in [0, 0.1) is 0 Å². The minimum absolute atomic E-state index is 0.0583. The van der Waals surface area contributed by atoms with E-state index >= 15 is 0 Å². The molecule has 106 valence electrons. The summed E-state index contributed by atoms with van der Waals surface area (Å²) in [6, 6.07) is 5.03. The van der Waals surface area contributed by atoms with E-state index in [-0.39, 0.29) is 4.90 Å². The molecule has 0 spiro atoms. The molecular formula is C12H17NO5S. The maximum absolute atomic E-state index is 12.2. The lowest BCUT2D eigenvalue weighted by molar-refractivity contribution is -0.140. The highest BCUT2D eigenvalue weighted by molar-refractivity contribution is 7.89. The van der Waals surface area contributed by atoms with Crippen molar-refractivity contribution in [2.45, 2.75) is 24.5 Å². The second kappa shape index (κ2) is 6.14. The van der Waals surface area contributed by atoms with Crippen LogP contribution < -0.4 is 0 Å². The van der Waals surface area contributed by atoms with Crippen LogP contribution in [-0.4, -0.2) is 44.0 Å². The average molecular weight is 287 g/mol. The Morgan fingerprint density at radius 2 is 1.89 bits per heavy atom. The first-order valence-corrected chi connectivity index (χ1v) is 7.03. The average Bonchev–Trinajstić information content (AvgIpc) is 2.37. The summed E-state index contributed by atoms with van der Waals surface area (Å²) in [5.74, 6) is -1.19. The fraction of sp³-hybridized carbons (Fsp3) is 0.417. The van der Waals surface area contributed by atoms with Gasteiger partial charge in [-0.3, -0.25) is 4.79 Å². The van der Waals surface area contributed by atoms with Crippen molar-refractivity contribution in [1.29, 1.82) is 0 Å². The van der Waals surface area contributed by atoms with E-state index in [1.165, 1.54) is 26.1 Å². The molecule has 0 saturated heterocycles. The highest BCUT2D eigenvalue weighted by Gasteiger charge is 2.29. The summed E-state index contributed by atoms with van der Waals surface area (Å²) >= 11 is 0. The summed E-state index contributed by atoms with van der Waals surface area (Å²) < 4.78 is 30.1. The Morgan fingerprint density at radius 3 is 2.32 bits per heavy atom. The molecule has 0 aliphatic heterocycles. The highest BCUT2D eigenvalue weighted by Crippen LogP contribution is 2.17. The number of benzene rings is 1. The number of sulfonamides is 1. The van der Waals surface area contributed by atoms with Crippen LogP contribution in [-0.2, 0) is 26.2 Å². The maximum Gasteiger partial charge on any atom is 0.321 e.